The first-order chi connectivity index (χ1) is 9.95. The van der Waals surface area contributed by atoms with Crippen molar-refractivity contribution in [2.75, 3.05) is 0 Å². The van der Waals surface area contributed by atoms with Crippen LogP contribution in [0.4, 0.5) is 4.39 Å². The third-order valence-electron chi connectivity index (χ3n) is 2.87. The fourth-order valence-electron chi connectivity index (χ4n) is 1.89. The van der Waals surface area contributed by atoms with Crippen molar-refractivity contribution in [3.05, 3.63) is 59.3 Å². The number of halogens is 1. The number of carbonyl (C=O) groups excluding carboxylic acids is 1. The SMILES string of the molecule is C[C@@H](Cc1ccc(F)cc1)NC(=O)c1ccc(C(=O)O)o1. The first-order valence-electron chi connectivity index (χ1n) is 6.34. The van der Waals surface area contributed by atoms with Crippen LogP contribution in [0, 0.1) is 5.82 Å². The zero-order valence-corrected chi connectivity index (χ0v) is 11.3. The Morgan fingerprint density at radius 2 is 1.81 bits per heavy atom. The van der Waals surface area contributed by atoms with Crippen molar-refractivity contribution in [2.45, 2.75) is 19.4 Å². The molecule has 110 valence electrons. The minimum Gasteiger partial charge on any atom is -0.475 e. The van der Waals surface area contributed by atoms with E-state index >= 15 is 0 Å². The normalized spacial score (nSPS) is 11.9. The highest BCUT2D eigenvalue weighted by Crippen LogP contribution is 2.09. The van der Waals surface area contributed by atoms with Gasteiger partial charge in [0.25, 0.3) is 5.91 Å². The number of amides is 1. The molecule has 0 spiro atoms. The zero-order chi connectivity index (χ0) is 15.4. The molecule has 0 aliphatic carbocycles. The maximum absolute atomic E-state index is 12.8. The Morgan fingerprint density at radius 1 is 1.19 bits per heavy atom. The van der Waals surface area contributed by atoms with Gasteiger partial charge in [-0.25, -0.2) is 9.18 Å². The Morgan fingerprint density at radius 3 is 2.38 bits per heavy atom. The Bertz CT molecular complexity index is 648. The zero-order valence-electron chi connectivity index (χ0n) is 11.3. The van der Waals surface area contributed by atoms with Crippen LogP contribution in [0.25, 0.3) is 0 Å². The number of hydrogen-bond acceptors (Lipinski definition) is 3. The van der Waals surface area contributed by atoms with Crippen molar-refractivity contribution in [2.24, 2.45) is 0 Å². The van der Waals surface area contributed by atoms with Gasteiger partial charge in [-0.15, -0.1) is 0 Å². The number of carboxylic acid groups (broad SMARTS) is 1. The molecule has 0 radical (unpaired) electrons. The van der Waals surface area contributed by atoms with Crippen LogP contribution in [0.2, 0.25) is 0 Å². The predicted molar refractivity (Wildman–Crippen MR) is 72.7 cm³/mol. The van der Waals surface area contributed by atoms with Gasteiger partial charge in [0, 0.05) is 6.04 Å². The largest absolute Gasteiger partial charge is 0.475 e. The van der Waals surface area contributed by atoms with Crippen LogP contribution in [0.1, 0.15) is 33.6 Å². The predicted octanol–water partition coefficient (Wildman–Crippen LogP) is 2.48. The molecular formula is C15H14FNO4. The third kappa shape index (κ3) is 3.92. The average molecular weight is 291 g/mol. The molecule has 2 N–H and O–H groups in total. The fraction of sp³-hybridized carbons (Fsp3) is 0.200. The second-order valence-electron chi connectivity index (χ2n) is 4.67. The highest BCUT2D eigenvalue weighted by molar-refractivity contribution is 5.93. The molecule has 6 heteroatoms. The van der Waals surface area contributed by atoms with Crippen molar-refractivity contribution in [3.63, 3.8) is 0 Å². The standard InChI is InChI=1S/C15H14FNO4/c1-9(8-10-2-4-11(16)5-3-10)17-14(18)12-6-7-13(21-12)15(19)20/h2-7,9H,8H2,1H3,(H,17,18)(H,19,20)/t9-/m0/s1. The minimum absolute atomic E-state index is 0.0571. The molecule has 1 aromatic carbocycles. The highest BCUT2D eigenvalue weighted by atomic mass is 19.1. The molecular weight excluding hydrogens is 277 g/mol. The Hall–Kier alpha value is -2.63. The summed E-state index contributed by atoms with van der Waals surface area (Å²) in [4.78, 5) is 22.5. The molecule has 1 aromatic heterocycles. The van der Waals surface area contributed by atoms with Gasteiger partial charge in [0.05, 0.1) is 0 Å². The summed E-state index contributed by atoms with van der Waals surface area (Å²) in [6.07, 6.45) is 0.526. The summed E-state index contributed by atoms with van der Waals surface area (Å²) in [6.45, 7) is 1.79. The molecule has 0 aliphatic rings. The van der Waals surface area contributed by atoms with Crippen LogP contribution in [0.15, 0.2) is 40.8 Å². The third-order valence-corrected chi connectivity index (χ3v) is 2.87. The second-order valence-corrected chi connectivity index (χ2v) is 4.67. The van der Waals surface area contributed by atoms with Gasteiger partial charge in [0.1, 0.15) is 5.82 Å². The highest BCUT2D eigenvalue weighted by Gasteiger charge is 2.16. The molecule has 0 saturated carbocycles. The number of rotatable bonds is 5. The van der Waals surface area contributed by atoms with E-state index in [-0.39, 0.29) is 23.4 Å². The topological polar surface area (TPSA) is 79.5 Å². The fourth-order valence-corrected chi connectivity index (χ4v) is 1.89. The van der Waals surface area contributed by atoms with Gasteiger partial charge in [-0.1, -0.05) is 12.1 Å². The van der Waals surface area contributed by atoms with Gasteiger partial charge in [-0.2, -0.15) is 0 Å². The number of carbonyl (C=O) groups is 2. The van der Waals surface area contributed by atoms with Crippen LogP contribution in [-0.4, -0.2) is 23.0 Å². The van der Waals surface area contributed by atoms with Crippen LogP contribution >= 0.6 is 0 Å². The van der Waals surface area contributed by atoms with E-state index in [2.05, 4.69) is 5.32 Å². The lowest BCUT2D eigenvalue weighted by atomic mass is 10.1. The van der Waals surface area contributed by atoms with Crippen LogP contribution in [0.5, 0.6) is 0 Å². The molecule has 2 rings (SSSR count). The summed E-state index contributed by atoms with van der Waals surface area (Å²) >= 11 is 0. The van der Waals surface area contributed by atoms with Gasteiger partial charge in [0.15, 0.2) is 5.76 Å². The molecule has 2 aromatic rings. The summed E-state index contributed by atoms with van der Waals surface area (Å²) in [5, 5.41) is 11.4. The number of hydrogen-bond donors (Lipinski definition) is 2. The molecule has 1 heterocycles. The monoisotopic (exact) mass is 291 g/mol. The lowest BCUT2D eigenvalue weighted by Crippen LogP contribution is -2.33. The van der Waals surface area contributed by atoms with E-state index in [1.54, 1.807) is 19.1 Å². The maximum Gasteiger partial charge on any atom is 0.371 e. The second kappa shape index (κ2) is 6.21. The molecule has 0 fully saturated rings. The van der Waals surface area contributed by atoms with E-state index < -0.39 is 11.9 Å². The van der Waals surface area contributed by atoms with Gasteiger partial charge in [0.2, 0.25) is 5.76 Å². The minimum atomic E-state index is -1.23. The molecule has 0 saturated heterocycles. The van der Waals surface area contributed by atoms with Crippen LogP contribution in [-0.2, 0) is 6.42 Å². The Labute approximate surface area is 120 Å². The van der Waals surface area contributed by atoms with Gasteiger partial charge < -0.3 is 14.8 Å². The molecule has 1 atom stereocenters. The summed E-state index contributed by atoms with van der Waals surface area (Å²) in [6, 6.07) is 8.33. The van der Waals surface area contributed by atoms with Gasteiger partial charge in [-0.05, 0) is 43.2 Å². The van der Waals surface area contributed by atoms with Crippen molar-refractivity contribution in [1.82, 2.24) is 5.32 Å². The number of benzene rings is 1. The van der Waals surface area contributed by atoms with Gasteiger partial charge in [-0.3, -0.25) is 4.79 Å². The van der Waals surface area contributed by atoms with E-state index in [0.717, 1.165) is 5.56 Å². The smallest absolute Gasteiger partial charge is 0.371 e. The van der Waals surface area contributed by atoms with E-state index in [1.165, 1.54) is 24.3 Å². The van der Waals surface area contributed by atoms with E-state index in [0.29, 0.717) is 6.42 Å². The molecule has 0 unspecified atom stereocenters. The lowest BCUT2D eigenvalue weighted by Gasteiger charge is -2.12. The van der Waals surface area contributed by atoms with Crippen molar-refractivity contribution < 1.29 is 23.5 Å². The lowest BCUT2D eigenvalue weighted by molar-refractivity contribution is 0.0659. The molecule has 21 heavy (non-hydrogen) atoms. The summed E-state index contributed by atoms with van der Waals surface area (Å²) < 4.78 is 17.7. The number of furan rings is 1. The molecule has 0 bridgehead atoms. The van der Waals surface area contributed by atoms with E-state index in [9.17, 15) is 14.0 Å². The van der Waals surface area contributed by atoms with E-state index in [1.807, 2.05) is 0 Å². The van der Waals surface area contributed by atoms with Gasteiger partial charge >= 0.3 is 5.97 Å². The van der Waals surface area contributed by atoms with E-state index in [4.69, 9.17) is 9.52 Å². The molecule has 5 nitrogen and oxygen atoms in total. The van der Waals surface area contributed by atoms with Crippen LogP contribution < -0.4 is 5.32 Å². The quantitative estimate of drug-likeness (QED) is 0.887. The van der Waals surface area contributed by atoms with Crippen LogP contribution in [0.3, 0.4) is 0 Å². The first kappa shape index (κ1) is 14.8. The number of nitrogens with one attached hydrogen (secondary N) is 1. The summed E-state index contributed by atoms with van der Waals surface area (Å²) in [5.41, 5.74) is 0.884. The Balaban J connectivity index is 1.95. The van der Waals surface area contributed by atoms with Crippen molar-refractivity contribution in [3.8, 4) is 0 Å². The first-order valence-corrected chi connectivity index (χ1v) is 6.34. The summed E-state index contributed by atoms with van der Waals surface area (Å²) in [7, 11) is 0. The molecule has 0 aliphatic heterocycles. The number of carboxylic acids is 1. The molecule has 1 amide bonds. The van der Waals surface area contributed by atoms with Crippen molar-refractivity contribution >= 4 is 11.9 Å². The number of aromatic carboxylic acids is 1. The average Bonchev–Trinajstić information content (AvgIpc) is 2.91. The van der Waals surface area contributed by atoms with Crippen molar-refractivity contribution in [1.29, 1.82) is 0 Å². The summed E-state index contributed by atoms with van der Waals surface area (Å²) in [5.74, 6) is -2.37. The Kier molecular flexibility index (Phi) is 4.37. The maximum atomic E-state index is 12.8.